The van der Waals surface area contributed by atoms with Crippen molar-refractivity contribution >= 4 is 0 Å². The van der Waals surface area contributed by atoms with E-state index < -0.39 is 0 Å². The minimum atomic E-state index is -0.252. The van der Waals surface area contributed by atoms with Crippen molar-refractivity contribution in [3.05, 3.63) is 35.6 Å². The summed E-state index contributed by atoms with van der Waals surface area (Å²) in [5.41, 5.74) is 0.869. The van der Waals surface area contributed by atoms with Gasteiger partial charge in [-0.3, -0.25) is 4.84 Å². The fourth-order valence-electron chi connectivity index (χ4n) is 0.812. The van der Waals surface area contributed by atoms with E-state index in [1.165, 1.54) is 12.1 Å². The fourth-order valence-corrected chi connectivity index (χ4v) is 0.812. The predicted molar refractivity (Wildman–Crippen MR) is 40.1 cm³/mol. The van der Waals surface area contributed by atoms with Crippen LogP contribution < -0.4 is 5.90 Å². The Labute approximate surface area is 64.7 Å². The Bertz CT molecular complexity index is 222. The average molecular weight is 155 g/mol. The lowest BCUT2D eigenvalue weighted by molar-refractivity contribution is 0.0664. The fraction of sp³-hybridized carbons (Fsp3) is 0.250. The first kappa shape index (κ1) is 8.17. The van der Waals surface area contributed by atoms with Crippen molar-refractivity contribution < 1.29 is 9.23 Å². The zero-order valence-corrected chi connectivity index (χ0v) is 6.25. The molecule has 60 valence electrons. The van der Waals surface area contributed by atoms with E-state index in [2.05, 4.69) is 4.84 Å². The van der Waals surface area contributed by atoms with Gasteiger partial charge < -0.3 is 0 Å². The average Bonchev–Trinajstić information content (AvgIpc) is 2.05. The molecule has 1 rings (SSSR count). The van der Waals surface area contributed by atoms with Crippen LogP contribution in [0.15, 0.2) is 24.3 Å². The quantitative estimate of drug-likeness (QED) is 0.660. The molecule has 0 bridgehead atoms. The van der Waals surface area contributed by atoms with Crippen molar-refractivity contribution in [1.82, 2.24) is 0 Å². The molecule has 0 heterocycles. The number of hydrogen-bond donors (Lipinski definition) is 1. The van der Waals surface area contributed by atoms with Gasteiger partial charge in [-0.15, -0.1) is 0 Å². The van der Waals surface area contributed by atoms with Gasteiger partial charge in [0, 0.05) is 0 Å². The van der Waals surface area contributed by atoms with Gasteiger partial charge in [-0.05, 0) is 24.6 Å². The lowest BCUT2D eigenvalue weighted by atomic mass is 10.1. The van der Waals surface area contributed by atoms with Gasteiger partial charge in [0.1, 0.15) is 11.9 Å². The van der Waals surface area contributed by atoms with Crippen LogP contribution in [0, 0.1) is 5.82 Å². The molecule has 3 heteroatoms. The molecule has 0 aromatic heterocycles. The largest absolute Gasteiger partial charge is 0.297 e. The summed E-state index contributed by atoms with van der Waals surface area (Å²) >= 11 is 0. The molecule has 0 amide bonds. The zero-order chi connectivity index (χ0) is 8.27. The molecule has 0 radical (unpaired) electrons. The number of nitrogens with two attached hydrogens (primary N) is 1. The molecule has 0 aliphatic heterocycles. The molecule has 2 nitrogen and oxygen atoms in total. The highest BCUT2D eigenvalue weighted by Gasteiger charge is 2.02. The topological polar surface area (TPSA) is 35.2 Å². The van der Waals surface area contributed by atoms with Crippen molar-refractivity contribution in [2.75, 3.05) is 0 Å². The number of hydrogen-bond acceptors (Lipinski definition) is 2. The number of rotatable bonds is 2. The van der Waals surface area contributed by atoms with Gasteiger partial charge in [0.2, 0.25) is 0 Å². The standard InChI is InChI=1S/C8H10FNO/c1-6(11-10)7-2-4-8(9)5-3-7/h2-6H,10H2,1H3. The van der Waals surface area contributed by atoms with E-state index in [1.54, 1.807) is 19.1 Å². The highest BCUT2D eigenvalue weighted by Crippen LogP contribution is 2.14. The summed E-state index contributed by atoms with van der Waals surface area (Å²) < 4.78 is 12.4. The lowest BCUT2D eigenvalue weighted by Crippen LogP contribution is -2.04. The third-order valence-electron chi connectivity index (χ3n) is 1.54. The van der Waals surface area contributed by atoms with Crippen LogP contribution >= 0.6 is 0 Å². The Morgan fingerprint density at radius 3 is 2.36 bits per heavy atom. The number of halogens is 1. The zero-order valence-electron chi connectivity index (χ0n) is 6.25. The maximum atomic E-state index is 12.4. The van der Waals surface area contributed by atoms with Crippen LogP contribution in [0.1, 0.15) is 18.6 Å². The Morgan fingerprint density at radius 1 is 1.36 bits per heavy atom. The summed E-state index contributed by atoms with van der Waals surface area (Å²) in [5.74, 6) is 4.70. The predicted octanol–water partition coefficient (Wildman–Crippen LogP) is 1.78. The van der Waals surface area contributed by atoms with Gasteiger partial charge in [0.25, 0.3) is 0 Å². The second-order valence-corrected chi connectivity index (χ2v) is 2.33. The van der Waals surface area contributed by atoms with Crippen LogP contribution in [0.3, 0.4) is 0 Å². The van der Waals surface area contributed by atoms with Gasteiger partial charge in [0.05, 0.1) is 0 Å². The minimum absolute atomic E-state index is 0.185. The number of benzene rings is 1. The van der Waals surface area contributed by atoms with E-state index in [4.69, 9.17) is 5.90 Å². The maximum Gasteiger partial charge on any atom is 0.123 e. The van der Waals surface area contributed by atoms with E-state index >= 15 is 0 Å². The molecular weight excluding hydrogens is 145 g/mol. The maximum absolute atomic E-state index is 12.4. The molecule has 1 aromatic rings. The summed E-state index contributed by atoms with van der Waals surface area (Å²) in [6.45, 7) is 1.80. The van der Waals surface area contributed by atoms with E-state index in [0.717, 1.165) is 5.56 Å². The molecule has 0 fully saturated rings. The van der Waals surface area contributed by atoms with Crippen molar-refractivity contribution in [1.29, 1.82) is 0 Å². The molecule has 0 aliphatic carbocycles. The van der Waals surface area contributed by atoms with E-state index in [1.807, 2.05) is 0 Å². The Hall–Kier alpha value is -0.930. The third kappa shape index (κ3) is 2.00. The van der Waals surface area contributed by atoms with Crippen LogP contribution in [0.5, 0.6) is 0 Å². The van der Waals surface area contributed by atoms with Crippen LogP contribution in [-0.4, -0.2) is 0 Å². The first-order valence-electron chi connectivity index (χ1n) is 3.35. The Morgan fingerprint density at radius 2 is 1.91 bits per heavy atom. The van der Waals surface area contributed by atoms with E-state index in [9.17, 15) is 4.39 Å². The molecule has 0 spiro atoms. The first-order chi connectivity index (χ1) is 5.24. The molecule has 1 atom stereocenters. The van der Waals surface area contributed by atoms with Crippen molar-refractivity contribution in [2.45, 2.75) is 13.0 Å². The molecule has 1 aromatic carbocycles. The second-order valence-electron chi connectivity index (χ2n) is 2.33. The third-order valence-corrected chi connectivity index (χ3v) is 1.54. The summed E-state index contributed by atoms with van der Waals surface area (Å²) in [7, 11) is 0. The summed E-state index contributed by atoms with van der Waals surface area (Å²) in [6.07, 6.45) is -0.185. The van der Waals surface area contributed by atoms with Crippen molar-refractivity contribution in [3.63, 3.8) is 0 Å². The second kappa shape index (κ2) is 3.46. The highest BCUT2D eigenvalue weighted by atomic mass is 19.1. The van der Waals surface area contributed by atoms with E-state index in [-0.39, 0.29) is 11.9 Å². The summed E-state index contributed by atoms with van der Waals surface area (Å²) in [5, 5.41) is 0. The van der Waals surface area contributed by atoms with Gasteiger partial charge in [-0.2, -0.15) is 0 Å². The van der Waals surface area contributed by atoms with Crippen LogP contribution in [0.25, 0.3) is 0 Å². The smallest absolute Gasteiger partial charge is 0.123 e. The minimum Gasteiger partial charge on any atom is -0.297 e. The van der Waals surface area contributed by atoms with Gasteiger partial charge >= 0.3 is 0 Å². The van der Waals surface area contributed by atoms with Crippen LogP contribution in [0.2, 0.25) is 0 Å². The normalized spacial score (nSPS) is 13.0. The highest BCUT2D eigenvalue weighted by molar-refractivity contribution is 5.17. The summed E-state index contributed by atoms with van der Waals surface area (Å²) in [4.78, 5) is 4.55. The monoisotopic (exact) mass is 155 g/mol. The molecule has 0 aliphatic rings. The van der Waals surface area contributed by atoms with Crippen LogP contribution in [0.4, 0.5) is 4.39 Å². The molecule has 11 heavy (non-hydrogen) atoms. The molecule has 0 saturated heterocycles. The molecule has 1 unspecified atom stereocenters. The molecule has 0 saturated carbocycles. The van der Waals surface area contributed by atoms with E-state index in [0.29, 0.717) is 0 Å². The SMILES string of the molecule is CC(ON)c1ccc(F)cc1. The summed E-state index contributed by atoms with van der Waals surface area (Å²) in [6, 6.07) is 6.05. The van der Waals surface area contributed by atoms with Crippen LogP contribution in [-0.2, 0) is 4.84 Å². The lowest BCUT2D eigenvalue weighted by Gasteiger charge is -2.07. The van der Waals surface area contributed by atoms with Gasteiger partial charge in [0.15, 0.2) is 0 Å². The van der Waals surface area contributed by atoms with Crippen molar-refractivity contribution in [3.8, 4) is 0 Å². The molecular formula is C8H10FNO. The molecule has 2 N–H and O–H groups in total. The Balaban J connectivity index is 2.81. The van der Waals surface area contributed by atoms with Gasteiger partial charge in [-0.25, -0.2) is 10.3 Å². The van der Waals surface area contributed by atoms with Crippen molar-refractivity contribution in [2.24, 2.45) is 5.90 Å². The first-order valence-corrected chi connectivity index (χ1v) is 3.35. The Kier molecular flexibility index (Phi) is 2.57. The van der Waals surface area contributed by atoms with Gasteiger partial charge in [-0.1, -0.05) is 12.1 Å².